The van der Waals surface area contributed by atoms with E-state index < -0.39 is 12.0 Å². The molecule has 138 valence electrons. The van der Waals surface area contributed by atoms with Crippen LogP contribution >= 0.6 is 11.6 Å². The number of carboxylic acid groups (broad SMARTS) is 1. The zero-order valence-electron chi connectivity index (χ0n) is 14.3. The number of ether oxygens (including phenoxy) is 1. The lowest BCUT2D eigenvalue weighted by Gasteiger charge is -2.33. The van der Waals surface area contributed by atoms with Gasteiger partial charge in [-0.15, -0.1) is 10.2 Å². The highest BCUT2D eigenvalue weighted by molar-refractivity contribution is 6.32. The van der Waals surface area contributed by atoms with E-state index in [0.29, 0.717) is 35.4 Å². The van der Waals surface area contributed by atoms with Gasteiger partial charge in [0.05, 0.1) is 24.7 Å². The lowest BCUT2D eigenvalue weighted by molar-refractivity contribution is -0.152. The topological polar surface area (TPSA) is 97.5 Å². The molecule has 1 amide bonds. The Bertz CT molecular complexity index is 823. The van der Waals surface area contributed by atoms with Gasteiger partial charge < -0.3 is 19.3 Å². The number of carbonyl (C=O) groups excluding carboxylic acids is 1. The van der Waals surface area contributed by atoms with Crippen LogP contribution in [-0.2, 0) is 22.7 Å². The zero-order valence-corrected chi connectivity index (χ0v) is 15.0. The molecule has 1 aromatic heterocycles. The summed E-state index contributed by atoms with van der Waals surface area (Å²) >= 11 is 6.01. The minimum absolute atomic E-state index is 0.141. The Morgan fingerprint density at radius 2 is 2.12 bits per heavy atom. The first-order valence-corrected chi connectivity index (χ1v) is 8.63. The molecule has 0 fully saturated rings. The minimum Gasteiger partial charge on any atom is -0.492 e. The molecule has 1 aromatic carbocycles. The van der Waals surface area contributed by atoms with Crippen LogP contribution in [-0.4, -0.2) is 49.3 Å². The molecule has 0 spiro atoms. The maximum atomic E-state index is 12.5. The molecule has 0 bridgehead atoms. The SMILES string of the molecule is Cc1nnc2n1CC(C(=O)O)N(C(=O)CCCOc1ccccc1Cl)C2. The van der Waals surface area contributed by atoms with Gasteiger partial charge in [-0.25, -0.2) is 4.79 Å². The number of amides is 1. The number of aliphatic carboxylic acids is 1. The molecule has 2 heterocycles. The molecule has 2 aromatic rings. The Hall–Kier alpha value is -2.61. The van der Waals surface area contributed by atoms with Crippen molar-refractivity contribution < 1.29 is 19.4 Å². The molecule has 1 N–H and O–H groups in total. The summed E-state index contributed by atoms with van der Waals surface area (Å²) in [5.74, 6) is 0.523. The van der Waals surface area contributed by atoms with Gasteiger partial charge in [0.2, 0.25) is 5.91 Å². The Balaban J connectivity index is 1.58. The standard InChI is InChI=1S/C17H19ClN4O4/c1-11-19-20-15-10-22(13(17(24)25)9-21(11)15)16(23)7-4-8-26-14-6-3-2-5-12(14)18/h2-3,5-6,13H,4,7-10H2,1H3,(H,24,25). The first kappa shape index (κ1) is 18.2. The number of nitrogens with zero attached hydrogens (tertiary/aromatic N) is 4. The lowest BCUT2D eigenvalue weighted by atomic mass is 10.1. The van der Waals surface area contributed by atoms with Crippen molar-refractivity contribution in [2.45, 2.75) is 38.9 Å². The molecule has 0 radical (unpaired) electrons. The van der Waals surface area contributed by atoms with Crippen LogP contribution < -0.4 is 4.74 Å². The van der Waals surface area contributed by atoms with Gasteiger partial charge in [0, 0.05) is 6.42 Å². The van der Waals surface area contributed by atoms with E-state index in [1.54, 1.807) is 23.6 Å². The van der Waals surface area contributed by atoms with Crippen LogP contribution in [0, 0.1) is 6.92 Å². The first-order valence-electron chi connectivity index (χ1n) is 8.25. The maximum Gasteiger partial charge on any atom is 0.328 e. The summed E-state index contributed by atoms with van der Waals surface area (Å²) < 4.78 is 7.30. The van der Waals surface area contributed by atoms with Crippen LogP contribution in [0.1, 0.15) is 24.5 Å². The van der Waals surface area contributed by atoms with Crippen LogP contribution in [0.3, 0.4) is 0 Å². The predicted molar refractivity (Wildman–Crippen MR) is 92.9 cm³/mol. The van der Waals surface area contributed by atoms with Crippen LogP contribution in [0.2, 0.25) is 5.02 Å². The number of hydrogen-bond donors (Lipinski definition) is 1. The third-order valence-electron chi connectivity index (χ3n) is 4.29. The molecular formula is C17H19ClN4O4. The highest BCUT2D eigenvalue weighted by atomic mass is 35.5. The number of para-hydroxylation sites is 1. The van der Waals surface area contributed by atoms with Crippen molar-refractivity contribution in [3.8, 4) is 5.75 Å². The van der Waals surface area contributed by atoms with Crippen LogP contribution in [0.25, 0.3) is 0 Å². The third kappa shape index (κ3) is 3.80. The van der Waals surface area contributed by atoms with Crippen LogP contribution in [0.4, 0.5) is 0 Å². The Labute approximate surface area is 155 Å². The number of carboxylic acids is 1. The molecule has 1 unspecified atom stereocenters. The van der Waals surface area contributed by atoms with Crippen molar-refractivity contribution in [3.63, 3.8) is 0 Å². The van der Waals surface area contributed by atoms with E-state index >= 15 is 0 Å². The summed E-state index contributed by atoms with van der Waals surface area (Å²) in [6, 6.07) is 6.18. The fourth-order valence-electron chi connectivity index (χ4n) is 2.90. The highest BCUT2D eigenvalue weighted by Gasteiger charge is 2.35. The molecular weight excluding hydrogens is 360 g/mol. The number of carbonyl (C=O) groups is 2. The van der Waals surface area contributed by atoms with E-state index in [-0.39, 0.29) is 25.4 Å². The number of rotatable bonds is 6. The second kappa shape index (κ2) is 7.74. The maximum absolute atomic E-state index is 12.5. The Morgan fingerprint density at radius 1 is 1.35 bits per heavy atom. The van der Waals surface area contributed by atoms with Crippen molar-refractivity contribution in [2.24, 2.45) is 0 Å². The van der Waals surface area contributed by atoms with Crippen molar-refractivity contribution in [3.05, 3.63) is 40.9 Å². The number of aromatic nitrogens is 3. The Kier molecular flexibility index (Phi) is 5.41. The van der Waals surface area contributed by atoms with Gasteiger partial charge in [-0.1, -0.05) is 23.7 Å². The van der Waals surface area contributed by atoms with Gasteiger partial charge in [0.15, 0.2) is 5.82 Å². The monoisotopic (exact) mass is 378 g/mol. The second-order valence-electron chi connectivity index (χ2n) is 6.03. The van der Waals surface area contributed by atoms with Gasteiger partial charge in [-0.3, -0.25) is 4.79 Å². The van der Waals surface area contributed by atoms with Crippen LogP contribution in [0.15, 0.2) is 24.3 Å². The molecule has 26 heavy (non-hydrogen) atoms. The number of hydrogen-bond acceptors (Lipinski definition) is 5. The smallest absolute Gasteiger partial charge is 0.328 e. The third-order valence-corrected chi connectivity index (χ3v) is 4.60. The van der Waals surface area contributed by atoms with Crippen molar-refractivity contribution in [2.75, 3.05) is 6.61 Å². The first-order chi connectivity index (χ1) is 12.5. The molecule has 1 aliphatic heterocycles. The molecule has 8 nitrogen and oxygen atoms in total. The van der Waals surface area contributed by atoms with E-state index in [1.807, 2.05) is 12.1 Å². The predicted octanol–water partition coefficient (Wildman–Crippen LogP) is 1.89. The van der Waals surface area contributed by atoms with Gasteiger partial charge in [-0.05, 0) is 25.5 Å². The van der Waals surface area contributed by atoms with Crippen molar-refractivity contribution in [1.29, 1.82) is 0 Å². The summed E-state index contributed by atoms with van der Waals surface area (Å²) in [6.45, 7) is 2.38. The zero-order chi connectivity index (χ0) is 18.7. The van der Waals surface area contributed by atoms with Gasteiger partial charge >= 0.3 is 5.97 Å². The normalized spacial score (nSPS) is 16.2. The fourth-order valence-corrected chi connectivity index (χ4v) is 3.09. The summed E-state index contributed by atoms with van der Waals surface area (Å²) in [5, 5.41) is 18.0. The quantitative estimate of drug-likeness (QED) is 0.771. The molecule has 9 heteroatoms. The molecule has 1 aliphatic rings. The van der Waals surface area contributed by atoms with Gasteiger partial charge in [0.25, 0.3) is 0 Å². The van der Waals surface area contributed by atoms with E-state index in [0.717, 1.165) is 0 Å². The number of benzene rings is 1. The largest absolute Gasteiger partial charge is 0.492 e. The lowest BCUT2D eigenvalue weighted by Crippen LogP contribution is -2.50. The minimum atomic E-state index is -1.04. The molecule has 0 saturated carbocycles. The molecule has 0 saturated heterocycles. The van der Waals surface area contributed by atoms with Crippen molar-refractivity contribution >= 4 is 23.5 Å². The Morgan fingerprint density at radius 3 is 2.85 bits per heavy atom. The number of aryl methyl sites for hydroxylation is 1. The van der Waals surface area contributed by atoms with E-state index in [2.05, 4.69) is 10.2 Å². The molecule has 0 aliphatic carbocycles. The van der Waals surface area contributed by atoms with Crippen LogP contribution in [0.5, 0.6) is 5.75 Å². The highest BCUT2D eigenvalue weighted by Crippen LogP contribution is 2.23. The fraction of sp³-hybridized carbons (Fsp3) is 0.412. The van der Waals surface area contributed by atoms with E-state index in [4.69, 9.17) is 16.3 Å². The summed E-state index contributed by atoms with van der Waals surface area (Å²) in [5.41, 5.74) is 0. The second-order valence-corrected chi connectivity index (χ2v) is 6.44. The summed E-state index contributed by atoms with van der Waals surface area (Å²) in [4.78, 5) is 25.5. The summed E-state index contributed by atoms with van der Waals surface area (Å²) in [7, 11) is 0. The van der Waals surface area contributed by atoms with Gasteiger partial charge in [0.1, 0.15) is 17.6 Å². The molecule has 1 atom stereocenters. The number of fused-ring (bicyclic) bond motifs is 1. The van der Waals surface area contributed by atoms with Gasteiger partial charge in [-0.2, -0.15) is 0 Å². The van der Waals surface area contributed by atoms with E-state index in [1.165, 1.54) is 4.90 Å². The average Bonchev–Trinajstić information content (AvgIpc) is 2.99. The number of halogens is 1. The summed E-state index contributed by atoms with van der Waals surface area (Å²) in [6.07, 6.45) is 0.639. The van der Waals surface area contributed by atoms with Crippen molar-refractivity contribution in [1.82, 2.24) is 19.7 Å². The average molecular weight is 379 g/mol. The van der Waals surface area contributed by atoms with E-state index in [9.17, 15) is 14.7 Å². The molecule has 3 rings (SSSR count).